The molecule has 3 aromatic rings. The molecule has 0 unspecified atom stereocenters. The van der Waals surface area contributed by atoms with Gasteiger partial charge in [0.15, 0.2) is 5.82 Å². The minimum atomic E-state index is 0.508. The molecule has 0 amide bonds. The minimum absolute atomic E-state index is 0.508. The molecule has 0 spiro atoms. The van der Waals surface area contributed by atoms with E-state index in [2.05, 4.69) is 37.5 Å². The average molecular weight is 309 g/mol. The zero-order chi connectivity index (χ0) is 16.2. The van der Waals surface area contributed by atoms with Crippen molar-refractivity contribution in [3.8, 4) is 0 Å². The van der Waals surface area contributed by atoms with E-state index in [4.69, 9.17) is 4.52 Å². The van der Waals surface area contributed by atoms with Crippen molar-refractivity contribution >= 4 is 17.6 Å². The van der Waals surface area contributed by atoms with Gasteiger partial charge in [0.2, 0.25) is 5.95 Å². The highest BCUT2D eigenvalue weighted by atomic mass is 16.5. The molecule has 0 saturated heterocycles. The van der Waals surface area contributed by atoms with E-state index < -0.39 is 0 Å². The van der Waals surface area contributed by atoms with Gasteiger partial charge in [-0.2, -0.15) is 4.98 Å². The number of hydrogen-bond donors (Lipinski definition) is 1. The lowest BCUT2D eigenvalue weighted by atomic mass is 10.2. The van der Waals surface area contributed by atoms with Gasteiger partial charge in [-0.1, -0.05) is 35.5 Å². The first kappa shape index (κ1) is 15.0. The second-order valence-corrected chi connectivity index (χ2v) is 5.48. The summed E-state index contributed by atoms with van der Waals surface area (Å²) in [5, 5.41) is 6.97. The summed E-state index contributed by atoms with van der Waals surface area (Å²) < 4.78 is 5.05. The molecule has 3 rings (SSSR count). The molecular weight excluding hydrogens is 290 g/mol. The average Bonchev–Trinajstić information content (AvgIpc) is 2.92. The summed E-state index contributed by atoms with van der Waals surface area (Å²) in [4.78, 5) is 11.0. The highest BCUT2D eigenvalue weighted by Crippen LogP contribution is 2.19. The van der Waals surface area contributed by atoms with Crippen LogP contribution in [0.4, 0.5) is 17.6 Å². The lowest BCUT2D eigenvalue weighted by Gasteiger charge is -2.19. The van der Waals surface area contributed by atoms with Crippen molar-refractivity contribution in [1.82, 2.24) is 15.1 Å². The molecule has 1 N–H and O–H groups in total. The van der Waals surface area contributed by atoms with Gasteiger partial charge in [-0.15, -0.1) is 0 Å². The SMILES string of the molecule is Cc1cc(N(C)Cc2ccccc2)nc(Nc2cc(C)on2)n1. The van der Waals surface area contributed by atoms with Gasteiger partial charge in [0.1, 0.15) is 11.6 Å². The Morgan fingerprint density at radius 1 is 1.09 bits per heavy atom. The Morgan fingerprint density at radius 2 is 1.87 bits per heavy atom. The molecule has 0 aliphatic carbocycles. The standard InChI is InChI=1S/C17H19N5O/c1-12-9-16(22(3)11-14-7-5-4-6-8-14)20-17(18-12)19-15-10-13(2)23-21-15/h4-10H,11H2,1-3H3,(H,18,19,20,21). The van der Waals surface area contributed by atoms with Gasteiger partial charge in [-0.05, 0) is 19.4 Å². The molecule has 0 bridgehead atoms. The van der Waals surface area contributed by atoms with Crippen LogP contribution in [0.1, 0.15) is 17.0 Å². The maximum Gasteiger partial charge on any atom is 0.230 e. The molecule has 0 atom stereocenters. The van der Waals surface area contributed by atoms with Crippen molar-refractivity contribution in [2.75, 3.05) is 17.3 Å². The zero-order valence-electron chi connectivity index (χ0n) is 13.4. The van der Waals surface area contributed by atoms with Crippen LogP contribution in [0.25, 0.3) is 0 Å². The largest absolute Gasteiger partial charge is 0.360 e. The Hall–Kier alpha value is -2.89. The molecule has 6 heteroatoms. The Labute approximate surface area is 135 Å². The molecule has 23 heavy (non-hydrogen) atoms. The van der Waals surface area contributed by atoms with E-state index in [0.717, 1.165) is 23.8 Å². The Morgan fingerprint density at radius 3 is 2.57 bits per heavy atom. The van der Waals surface area contributed by atoms with Crippen LogP contribution >= 0.6 is 0 Å². The lowest BCUT2D eigenvalue weighted by molar-refractivity contribution is 0.400. The summed E-state index contributed by atoms with van der Waals surface area (Å²) in [6, 6.07) is 14.0. The van der Waals surface area contributed by atoms with Gasteiger partial charge in [0, 0.05) is 31.4 Å². The number of nitrogens with one attached hydrogen (secondary N) is 1. The maximum absolute atomic E-state index is 5.05. The first-order valence-corrected chi connectivity index (χ1v) is 7.41. The van der Waals surface area contributed by atoms with Gasteiger partial charge < -0.3 is 14.7 Å². The van der Waals surface area contributed by atoms with Crippen LogP contribution in [0.5, 0.6) is 0 Å². The number of hydrogen-bond acceptors (Lipinski definition) is 6. The van der Waals surface area contributed by atoms with Crippen LogP contribution in [-0.2, 0) is 6.54 Å². The molecule has 0 saturated carbocycles. The highest BCUT2D eigenvalue weighted by Gasteiger charge is 2.09. The van der Waals surface area contributed by atoms with E-state index in [0.29, 0.717) is 11.8 Å². The van der Waals surface area contributed by atoms with Crippen molar-refractivity contribution in [1.29, 1.82) is 0 Å². The second-order valence-electron chi connectivity index (χ2n) is 5.48. The zero-order valence-corrected chi connectivity index (χ0v) is 13.4. The predicted molar refractivity (Wildman–Crippen MR) is 89.8 cm³/mol. The molecule has 2 heterocycles. The summed E-state index contributed by atoms with van der Waals surface area (Å²) in [5.41, 5.74) is 2.12. The third-order valence-electron chi connectivity index (χ3n) is 3.36. The highest BCUT2D eigenvalue weighted by molar-refractivity contribution is 5.51. The smallest absolute Gasteiger partial charge is 0.230 e. The molecule has 0 radical (unpaired) electrons. The number of nitrogens with zero attached hydrogens (tertiary/aromatic N) is 4. The van der Waals surface area contributed by atoms with E-state index >= 15 is 0 Å². The Kier molecular flexibility index (Phi) is 4.23. The fourth-order valence-corrected chi connectivity index (χ4v) is 2.28. The first-order valence-electron chi connectivity index (χ1n) is 7.41. The third kappa shape index (κ3) is 3.85. The maximum atomic E-state index is 5.05. The van der Waals surface area contributed by atoms with Gasteiger partial charge in [0.25, 0.3) is 0 Å². The van der Waals surface area contributed by atoms with Crippen LogP contribution in [0.15, 0.2) is 47.0 Å². The van der Waals surface area contributed by atoms with E-state index in [1.165, 1.54) is 5.56 Å². The normalized spacial score (nSPS) is 10.6. The fraction of sp³-hybridized carbons (Fsp3) is 0.235. The number of aromatic nitrogens is 3. The molecule has 0 aliphatic heterocycles. The van der Waals surface area contributed by atoms with Crippen LogP contribution in [0.3, 0.4) is 0 Å². The van der Waals surface area contributed by atoms with Crippen molar-refractivity contribution in [3.05, 3.63) is 59.5 Å². The molecule has 0 aliphatic rings. The summed E-state index contributed by atoms with van der Waals surface area (Å²) in [5.74, 6) is 2.70. The van der Waals surface area contributed by atoms with E-state index in [1.807, 2.05) is 45.2 Å². The van der Waals surface area contributed by atoms with E-state index in [9.17, 15) is 0 Å². The third-order valence-corrected chi connectivity index (χ3v) is 3.36. The summed E-state index contributed by atoms with van der Waals surface area (Å²) in [6.07, 6.45) is 0. The summed E-state index contributed by atoms with van der Waals surface area (Å²) >= 11 is 0. The Balaban J connectivity index is 1.79. The van der Waals surface area contributed by atoms with E-state index in [1.54, 1.807) is 6.07 Å². The van der Waals surface area contributed by atoms with E-state index in [-0.39, 0.29) is 0 Å². The lowest BCUT2D eigenvalue weighted by Crippen LogP contribution is -2.18. The van der Waals surface area contributed by atoms with Gasteiger partial charge in [0.05, 0.1) is 0 Å². The predicted octanol–water partition coefficient (Wildman–Crippen LogP) is 3.46. The fourth-order valence-electron chi connectivity index (χ4n) is 2.28. The summed E-state index contributed by atoms with van der Waals surface area (Å²) in [7, 11) is 2.01. The van der Waals surface area contributed by atoms with Crippen molar-refractivity contribution in [2.24, 2.45) is 0 Å². The molecule has 1 aromatic carbocycles. The molecule has 0 fully saturated rings. The topological polar surface area (TPSA) is 67.1 Å². The first-order chi connectivity index (χ1) is 11.1. The molecule has 2 aromatic heterocycles. The molecule has 6 nitrogen and oxygen atoms in total. The number of anilines is 3. The summed E-state index contributed by atoms with van der Waals surface area (Å²) in [6.45, 7) is 4.56. The number of benzene rings is 1. The van der Waals surface area contributed by atoms with Crippen molar-refractivity contribution in [2.45, 2.75) is 20.4 Å². The quantitative estimate of drug-likeness (QED) is 0.778. The number of rotatable bonds is 5. The molecule has 118 valence electrons. The van der Waals surface area contributed by atoms with Crippen molar-refractivity contribution in [3.63, 3.8) is 0 Å². The van der Waals surface area contributed by atoms with Gasteiger partial charge in [-0.25, -0.2) is 4.98 Å². The second kappa shape index (κ2) is 6.48. The Bertz CT molecular complexity index is 785. The van der Waals surface area contributed by atoms with Crippen LogP contribution in [-0.4, -0.2) is 22.2 Å². The monoisotopic (exact) mass is 309 g/mol. The van der Waals surface area contributed by atoms with Gasteiger partial charge >= 0.3 is 0 Å². The van der Waals surface area contributed by atoms with Crippen LogP contribution < -0.4 is 10.2 Å². The minimum Gasteiger partial charge on any atom is -0.360 e. The van der Waals surface area contributed by atoms with Crippen molar-refractivity contribution < 1.29 is 4.52 Å². The molecular formula is C17H19N5O. The van der Waals surface area contributed by atoms with Crippen LogP contribution in [0, 0.1) is 13.8 Å². The number of aryl methyl sites for hydroxylation is 2. The van der Waals surface area contributed by atoms with Gasteiger partial charge in [-0.3, -0.25) is 0 Å². The van der Waals surface area contributed by atoms with Crippen LogP contribution in [0.2, 0.25) is 0 Å².